The molecule has 92 valence electrons. The van der Waals surface area contributed by atoms with Crippen molar-refractivity contribution in [1.29, 1.82) is 0 Å². The standard InChI is InChI=1S/C16H16FN/c17-15-11-13(9-12-5-2-1-3-6-12)10-14-7-4-8-18-16(14)15/h1-3,5-6,10-11,18H,4,7-9H2. The Balaban J connectivity index is 1.91. The van der Waals surface area contributed by atoms with Crippen LogP contribution < -0.4 is 5.32 Å². The van der Waals surface area contributed by atoms with E-state index in [0.29, 0.717) is 5.69 Å². The van der Waals surface area contributed by atoms with E-state index in [1.165, 1.54) is 5.56 Å². The average molecular weight is 241 g/mol. The highest BCUT2D eigenvalue weighted by atomic mass is 19.1. The van der Waals surface area contributed by atoms with E-state index >= 15 is 0 Å². The normalized spacial score (nSPS) is 13.8. The molecule has 0 unspecified atom stereocenters. The van der Waals surface area contributed by atoms with Gasteiger partial charge in [0, 0.05) is 6.54 Å². The zero-order chi connectivity index (χ0) is 12.4. The van der Waals surface area contributed by atoms with Crippen LogP contribution in [0.4, 0.5) is 10.1 Å². The number of hydrogen-bond donors (Lipinski definition) is 1. The molecule has 0 aliphatic carbocycles. The molecule has 0 saturated heterocycles. The van der Waals surface area contributed by atoms with Gasteiger partial charge in [0.15, 0.2) is 0 Å². The highest BCUT2D eigenvalue weighted by Gasteiger charge is 2.14. The summed E-state index contributed by atoms with van der Waals surface area (Å²) in [5.74, 6) is -0.113. The molecule has 0 fully saturated rings. The Morgan fingerprint density at radius 2 is 1.89 bits per heavy atom. The van der Waals surface area contributed by atoms with Crippen LogP contribution in [-0.4, -0.2) is 6.54 Å². The Morgan fingerprint density at radius 1 is 1.06 bits per heavy atom. The average Bonchev–Trinajstić information content (AvgIpc) is 2.40. The summed E-state index contributed by atoms with van der Waals surface area (Å²) in [6, 6.07) is 14.0. The second kappa shape index (κ2) is 4.81. The van der Waals surface area contributed by atoms with Crippen molar-refractivity contribution in [2.24, 2.45) is 0 Å². The van der Waals surface area contributed by atoms with Crippen molar-refractivity contribution in [1.82, 2.24) is 0 Å². The Morgan fingerprint density at radius 3 is 2.72 bits per heavy atom. The van der Waals surface area contributed by atoms with Gasteiger partial charge in [-0.1, -0.05) is 36.4 Å². The second-order valence-electron chi connectivity index (χ2n) is 4.80. The molecule has 0 spiro atoms. The zero-order valence-corrected chi connectivity index (χ0v) is 10.2. The summed E-state index contributed by atoms with van der Waals surface area (Å²) >= 11 is 0. The molecule has 3 rings (SSSR count). The van der Waals surface area contributed by atoms with Crippen molar-refractivity contribution >= 4 is 5.69 Å². The van der Waals surface area contributed by atoms with Gasteiger partial charge in [-0.3, -0.25) is 0 Å². The van der Waals surface area contributed by atoms with E-state index in [1.54, 1.807) is 6.07 Å². The predicted octanol–water partition coefficient (Wildman–Crippen LogP) is 3.77. The number of aryl methyl sites for hydroxylation is 1. The lowest BCUT2D eigenvalue weighted by Gasteiger charge is -2.19. The Bertz CT molecular complexity index is 549. The van der Waals surface area contributed by atoms with Crippen LogP contribution >= 0.6 is 0 Å². The number of nitrogens with one attached hydrogen (secondary N) is 1. The van der Waals surface area contributed by atoms with Gasteiger partial charge in [0.2, 0.25) is 0 Å². The lowest BCUT2D eigenvalue weighted by molar-refractivity contribution is 0.620. The van der Waals surface area contributed by atoms with Gasteiger partial charge in [-0.2, -0.15) is 0 Å². The van der Waals surface area contributed by atoms with Crippen LogP contribution in [0.15, 0.2) is 42.5 Å². The van der Waals surface area contributed by atoms with Crippen molar-refractivity contribution in [2.75, 3.05) is 11.9 Å². The Hall–Kier alpha value is -1.83. The fourth-order valence-corrected chi connectivity index (χ4v) is 2.55. The van der Waals surface area contributed by atoms with Crippen LogP contribution in [0.5, 0.6) is 0 Å². The fraction of sp³-hybridized carbons (Fsp3) is 0.250. The molecule has 18 heavy (non-hydrogen) atoms. The van der Waals surface area contributed by atoms with Crippen LogP contribution in [0, 0.1) is 5.82 Å². The van der Waals surface area contributed by atoms with Crippen molar-refractivity contribution in [3.8, 4) is 0 Å². The summed E-state index contributed by atoms with van der Waals surface area (Å²) < 4.78 is 14.0. The van der Waals surface area contributed by atoms with Crippen molar-refractivity contribution < 1.29 is 4.39 Å². The molecule has 1 nitrogen and oxygen atoms in total. The lowest BCUT2D eigenvalue weighted by atomic mass is 9.97. The zero-order valence-electron chi connectivity index (χ0n) is 10.2. The maximum Gasteiger partial charge on any atom is 0.146 e. The van der Waals surface area contributed by atoms with E-state index < -0.39 is 0 Å². The maximum atomic E-state index is 14.0. The largest absolute Gasteiger partial charge is 0.382 e. The van der Waals surface area contributed by atoms with Crippen LogP contribution in [0.2, 0.25) is 0 Å². The van der Waals surface area contributed by atoms with Crippen molar-refractivity contribution in [3.63, 3.8) is 0 Å². The smallest absolute Gasteiger partial charge is 0.146 e. The van der Waals surface area contributed by atoms with Gasteiger partial charge >= 0.3 is 0 Å². The van der Waals surface area contributed by atoms with Gasteiger partial charge in [-0.05, 0) is 42.0 Å². The van der Waals surface area contributed by atoms with E-state index in [-0.39, 0.29) is 5.82 Å². The molecule has 0 saturated carbocycles. The summed E-state index contributed by atoms with van der Waals surface area (Å²) in [5.41, 5.74) is 4.10. The number of hydrogen-bond acceptors (Lipinski definition) is 1. The van der Waals surface area contributed by atoms with Gasteiger partial charge in [-0.25, -0.2) is 4.39 Å². The highest BCUT2D eigenvalue weighted by molar-refractivity contribution is 5.56. The van der Waals surface area contributed by atoms with Crippen LogP contribution in [0.25, 0.3) is 0 Å². The van der Waals surface area contributed by atoms with E-state index in [4.69, 9.17) is 0 Å². The topological polar surface area (TPSA) is 12.0 Å². The lowest BCUT2D eigenvalue weighted by Crippen LogP contribution is -2.13. The molecular formula is C16H16FN. The molecule has 1 aliphatic rings. The molecule has 0 radical (unpaired) electrons. The number of fused-ring (bicyclic) bond motifs is 1. The molecule has 1 N–H and O–H groups in total. The SMILES string of the molecule is Fc1cc(Cc2ccccc2)cc2c1NCCC2. The molecule has 0 aromatic heterocycles. The first-order valence-electron chi connectivity index (χ1n) is 6.42. The van der Waals surface area contributed by atoms with Gasteiger partial charge in [0.25, 0.3) is 0 Å². The monoisotopic (exact) mass is 241 g/mol. The summed E-state index contributed by atoms with van der Waals surface area (Å²) in [7, 11) is 0. The minimum Gasteiger partial charge on any atom is -0.382 e. The minimum atomic E-state index is -0.113. The molecule has 2 aromatic rings. The summed E-state index contributed by atoms with van der Waals surface area (Å²) in [6.45, 7) is 0.877. The molecule has 2 heteroatoms. The maximum absolute atomic E-state index is 14.0. The number of anilines is 1. The molecule has 0 amide bonds. The first kappa shape index (κ1) is 11.3. The number of halogens is 1. The third-order valence-electron chi connectivity index (χ3n) is 3.41. The summed E-state index contributed by atoms with van der Waals surface area (Å²) in [4.78, 5) is 0. The first-order valence-corrected chi connectivity index (χ1v) is 6.42. The van der Waals surface area contributed by atoms with E-state index in [9.17, 15) is 4.39 Å². The van der Waals surface area contributed by atoms with E-state index in [2.05, 4.69) is 23.5 Å². The molecular weight excluding hydrogens is 225 g/mol. The van der Waals surface area contributed by atoms with Crippen LogP contribution in [0.3, 0.4) is 0 Å². The number of benzene rings is 2. The summed E-state index contributed by atoms with van der Waals surface area (Å²) in [5, 5.41) is 3.15. The van der Waals surface area contributed by atoms with Crippen LogP contribution in [-0.2, 0) is 12.8 Å². The molecule has 0 bridgehead atoms. The van der Waals surface area contributed by atoms with Gasteiger partial charge < -0.3 is 5.32 Å². The molecule has 1 heterocycles. The Kier molecular flexibility index (Phi) is 3.01. The van der Waals surface area contributed by atoms with Gasteiger partial charge in [0.05, 0.1) is 5.69 Å². The van der Waals surface area contributed by atoms with Crippen molar-refractivity contribution in [2.45, 2.75) is 19.3 Å². The quantitative estimate of drug-likeness (QED) is 0.843. The summed E-state index contributed by atoms with van der Waals surface area (Å²) in [6.07, 6.45) is 2.86. The molecule has 1 aliphatic heterocycles. The minimum absolute atomic E-state index is 0.113. The molecule has 0 atom stereocenters. The van der Waals surface area contributed by atoms with E-state index in [1.807, 2.05) is 18.2 Å². The second-order valence-corrected chi connectivity index (χ2v) is 4.80. The number of rotatable bonds is 2. The third kappa shape index (κ3) is 2.23. The van der Waals surface area contributed by atoms with E-state index in [0.717, 1.165) is 36.9 Å². The van der Waals surface area contributed by atoms with Crippen molar-refractivity contribution in [3.05, 3.63) is 65.0 Å². The predicted molar refractivity (Wildman–Crippen MR) is 72.5 cm³/mol. The fourth-order valence-electron chi connectivity index (χ4n) is 2.55. The van der Waals surface area contributed by atoms with Gasteiger partial charge in [0.1, 0.15) is 5.82 Å². The first-order chi connectivity index (χ1) is 8.83. The third-order valence-corrected chi connectivity index (χ3v) is 3.41. The van der Waals surface area contributed by atoms with Gasteiger partial charge in [-0.15, -0.1) is 0 Å². The highest BCUT2D eigenvalue weighted by Crippen LogP contribution is 2.27. The van der Waals surface area contributed by atoms with Crippen LogP contribution in [0.1, 0.15) is 23.1 Å². The Labute approximate surface area is 107 Å². The molecule has 2 aromatic carbocycles.